The van der Waals surface area contributed by atoms with Crippen LogP contribution in [-0.2, 0) is 4.79 Å². The molecule has 4 nitrogen and oxygen atoms in total. The highest BCUT2D eigenvalue weighted by atomic mass is 79.9. The zero-order valence-corrected chi connectivity index (χ0v) is 13.6. The number of nitrogens with two attached hydrogens (primary N) is 1. The molecule has 1 rings (SSSR count). The van der Waals surface area contributed by atoms with Crippen molar-refractivity contribution in [1.29, 1.82) is 0 Å². The van der Waals surface area contributed by atoms with Crippen molar-refractivity contribution in [2.24, 2.45) is 5.73 Å². The summed E-state index contributed by atoms with van der Waals surface area (Å²) in [5.41, 5.74) is 5.41. The maximum atomic E-state index is 11.5. The van der Waals surface area contributed by atoms with Crippen LogP contribution in [0.4, 0.5) is 0 Å². The van der Waals surface area contributed by atoms with Crippen molar-refractivity contribution >= 4 is 45.8 Å². The van der Waals surface area contributed by atoms with Gasteiger partial charge in [0.05, 0.1) is 17.5 Å². The number of ether oxygens (including phenoxy) is 1. The summed E-state index contributed by atoms with van der Waals surface area (Å²) in [7, 11) is 0. The van der Waals surface area contributed by atoms with E-state index in [1.54, 1.807) is 18.2 Å². The molecule has 7 heteroatoms. The Kier molecular flexibility index (Phi) is 9.18. The van der Waals surface area contributed by atoms with Gasteiger partial charge < -0.3 is 15.8 Å². The van der Waals surface area contributed by atoms with E-state index >= 15 is 0 Å². The number of rotatable bonds is 6. The van der Waals surface area contributed by atoms with Gasteiger partial charge in [-0.3, -0.25) is 4.79 Å². The van der Waals surface area contributed by atoms with E-state index in [4.69, 9.17) is 22.1 Å². The Hall–Kier alpha value is -0.490. The number of nitrogens with one attached hydrogen (secondary N) is 1. The summed E-state index contributed by atoms with van der Waals surface area (Å²) in [6, 6.07) is 5.22. The zero-order valence-electron chi connectivity index (χ0n) is 10.5. The Labute approximate surface area is 132 Å². The molecule has 0 saturated carbocycles. The highest BCUT2D eigenvalue weighted by Crippen LogP contribution is 2.27. The van der Waals surface area contributed by atoms with Crippen LogP contribution >= 0.6 is 39.9 Å². The highest BCUT2D eigenvalue weighted by molar-refractivity contribution is 9.10. The fourth-order valence-electron chi connectivity index (χ4n) is 1.25. The van der Waals surface area contributed by atoms with Crippen molar-refractivity contribution in [2.75, 3.05) is 13.2 Å². The Balaban J connectivity index is 0.00000324. The van der Waals surface area contributed by atoms with E-state index in [9.17, 15) is 4.79 Å². The topological polar surface area (TPSA) is 64.3 Å². The van der Waals surface area contributed by atoms with Crippen LogP contribution in [0.1, 0.15) is 13.3 Å². The van der Waals surface area contributed by atoms with Crippen LogP contribution in [0.2, 0.25) is 5.02 Å². The number of benzene rings is 1. The van der Waals surface area contributed by atoms with Gasteiger partial charge in [0, 0.05) is 17.6 Å². The molecule has 0 spiro atoms. The largest absolute Gasteiger partial charge is 0.492 e. The predicted molar refractivity (Wildman–Crippen MR) is 83.2 cm³/mol. The van der Waals surface area contributed by atoms with Crippen LogP contribution in [0.25, 0.3) is 0 Å². The maximum Gasteiger partial charge on any atom is 0.223 e. The lowest BCUT2D eigenvalue weighted by atomic mass is 10.3. The van der Waals surface area contributed by atoms with Gasteiger partial charge in [-0.25, -0.2) is 0 Å². The molecule has 3 N–H and O–H groups in total. The molecule has 0 aromatic heterocycles. The van der Waals surface area contributed by atoms with E-state index in [-0.39, 0.29) is 24.4 Å². The van der Waals surface area contributed by atoms with Gasteiger partial charge in [-0.15, -0.1) is 12.4 Å². The van der Waals surface area contributed by atoms with Gasteiger partial charge in [-0.05, 0) is 41.1 Å². The predicted octanol–water partition coefficient (Wildman–Crippen LogP) is 2.76. The lowest BCUT2D eigenvalue weighted by molar-refractivity contribution is -0.122. The standard InChI is InChI=1S/C12H16BrClN2O2.ClH/c1-8(7-15)16-12(17)4-5-18-11-3-2-9(14)6-10(11)13;/h2-3,6,8H,4-5,7,15H2,1H3,(H,16,17);1H/t8-;/m0./s1. The van der Waals surface area contributed by atoms with Crippen LogP contribution in [0.5, 0.6) is 5.75 Å². The second kappa shape index (κ2) is 9.42. The Morgan fingerprint density at radius 1 is 1.58 bits per heavy atom. The molecule has 0 aliphatic heterocycles. The van der Waals surface area contributed by atoms with Crippen LogP contribution in [0.15, 0.2) is 22.7 Å². The molecule has 0 radical (unpaired) electrons. The van der Waals surface area contributed by atoms with Crippen LogP contribution < -0.4 is 15.8 Å². The number of hydrogen-bond donors (Lipinski definition) is 2. The maximum absolute atomic E-state index is 11.5. The van der Waals surface area contributed by atoms with Crippen LogP contribution in [0.3, 0.4) is 0 Å². The lowest BCUT2D eigenvalue weighted by Gasteiger charge is -2.12. The molecule has 0 aliphatic carbocycles. The fourth-order valence-corrected chi connectivity index (χ4v) is 2.05. The van der Waals surface area contributed by atoms with Gasteiger partial charge >= 0.3 is 0 Å². The summed E-state index contributed by atoms with van der Waals surface area (Å²) in [6.07, 6.45) is 0.291. The van der Waals surface area contributed by atoms with E-state index in [1.165, 1.54) is 0 Å². The van der Waals surface area contributed by atoms with Gasteiger partial charge in [0.15, 0.2) is 0 Å². The average Bonchev–Trinajstić information content (AvgIpc) is 2.31. The normalized spacial score (nSPS) is 11.4. The van der Waals surface area contributed by atoms with Crippen molar-refractivity contribution in [3.63, 3.8) is 0 Å². The third-order valence-corrected chi connectivity index (χ3v) is 3.10. The molecule has 19 heavy (non-hydrogen) atoms. The minimum atomic E-state index is -0.0713. The Bertz CT molecular complexity index is 419. The molecule has 1 aromatic rings. The molecule has 1 amide bonds. The van der Waals surface area contributed by atoms with Gasteiger partial charge in [-0.1, -0.05) is 11.6 Å². The van der Waals surface area contributed by atoms with E-state index in [1.807, 2.05) is 6.92 Å². The van der Waals surface area contributed by atoms with Crippen molar-refractivity contribution < 1.29 is 9.53 Å². The molecule has 0 unspecified atom stereocenters. The van der Waals surface area contributed by atoms with Crippen molar-refractivity contribution in [3.05, 3.63) is 27.7 Å². The molecule has 0 aliphatic rings. The van der Waals surface area contributed by atoms with Crippen molar-refractivity contribution in [3.8, 4) is 5.75 Å². The summed E-state index contributed by atoms with van der Waals surface area (Å²) in [6.45, 7) is 2.59. The minimum absolute atomic E-state index is 0. The first kappa shape index (κ1) is 18.5. The summed E-state index contributed by atoms with van der Waals surface area (Å²) < 4.78 is 6.25. The number of halogens is 3. The first-order valence-corrected chi connectivity index (χ1v) is 6.77. The first-order valence-electron chi connectivity index (χ1n) is 5.60. The molecule has 1 atom stereocenters. The van der Waals surface area contributed by atoms with E-state index in [0.717, 1.165) is 4.47 Å². The molecule has 1 aromatic carbocycles. The molecule has 0 saturated heterocycles. The second-order valence-corrected chi connectivity index (χ2v) is 5.17. The van der Waals surface area contributed by atoms with Gasteiger partial charge in [-0.2, -0.15) is 0 Å². The van der Waals surface area contributed by atoms with Crippen LogP contribution in [-0.4, -0.2) is 25.1 Å². The molecule has 108 valence electrons. The van der Waals surface area contributed by atoms with Crippen LogP contribution in [0, 0.1) is 0 Å². The lowest BCUT2D eigenvalue weighted by Crippen LogP contribution is -2.38. The molecule has 0 fully saturated rings. The third-order valence-electron chi connectivity index (χ3n) is 2.24. The van der Waals surface area contributed by atoms with Gasteiger partial charge in [0.1, 0.15) is 5.75 Å². The van der Waals surface area contributed by atoms with E-state index < -0.39 is 0 Å². The van der Waals surface area contributed by atoms with Gasteiger partial charge in [0.2, 0.25) is 5.91 Å². The summed E-state index contributed by atoms with van der Waals surface area (Å²) in [4.78, 5) is 11.5. The first-order chi connectivity index (χ1) is 8.52. The number of hydrogen-bond acceptors (Lipinski definition) is 3. The summed E-state index contributed by atoms with van der Waals surface area (Å²) in [5, 5.41) is 3.39. The minimum Gasteiger partial charge on any atom is -0.492 e. The van der Waals surface area contributed by atoms with E-state index in [2.05, 4.69) is 21.2 Å². The molecule has 0 bridgehead atoms. The molecule has 0 heterocycles. The summed E-state index contributed by atoms with van der Waals surface area (Å²) in [5.74, 6) is 0.595. The monoisotopic (exact) mass is 370 g/mol. The van der Waals surface area contributed by atoms with E-state index in [0.29, 0.717) is 30.3 Å². The molecular formula is C12H17BrCl2N2O2. The Morgan fingerprint density at radius 3 is 2.84 bits per heavy atom. The number of carbonyl (C=O) groups is 1. The third kappa shape index (κ3) is 7.01. The fraction of sp³-hybridized carbons (Fsp3) is 0.417. The Morgan fingerprint density at radius 2 is 2.26 bits per heavy atom. The zero-order chi connectivity index (χ0) is 13.5. The highest BCUT2D eigenvalue weighted by Gasteiger charge is 2.07. The SMILES string of the molecule is C[C@@H](CN)NC(=O)CCOc1ccc(Cl)cc1Br.Cl. The number of carbonyl (C=O) groups excluding carboxylic acids is 1. The van der Waals surface area contributed by atoms with Gasteiger partial charge in [0.25, 0.3) is 0 Å². The van der Waals surface area contributed by atoms with Crippen molar-refractivity contribution in [1.82, 2.24) is 5.32 Å². The average molecular weight is 372 g/mol. The second-order valence-electron chi connectivity index (χ2n) is 3.88. The number of amides is 1. The summed E-state index contributed by atoms with van der Waals surface area (Å²) >= 11 is 9.15. The molecular weight excluding hydrogens is 355 g/mol. The quantitative estimate of drug-likeness (QED) is 0.807. The smallest absolute Gasteiger partial charge is 0.223 e. The van der Waals surface area contributed by atoms with Crippen molar-refractivity contribution in [2.45, 2.75) is 19.4 Å².